The van der Waals surface area contributed by atoms with Gasteiger partial charge in [0.25, 0.3) is 0 Å². The van der Waals surface area contributed by atoms with Crippen LogP contribution in [0.5, 0.6) is 0 Å². The minimum atomic E-state index is -5.08. The fraction of sp³-hybridized carbons (Fsp3) is 0.611. The number of halogens is 3. The van der Waals surface area contributed by atoms with Crippen molar-refractivity contribution < 1.29 is 23.1 Å². The van der Waals surface area contributed by atoms with E-state index in [2.05, 4.69) is 33.7 Å². The summed E-state index contributed by atoms with van der Waals surface area (Å²) in [5, 5.41) is 7.12. The maximum absolute atomic E-state index is 10.6. The number of carboxylic acids is 1. The number of anilines is 2. The number of aryl methyl sites for hydroxylation is 1. The Kier molecular flexibility index (Phi) is 6.18. The van der Waals surface area contributed by atoms with E-state index in [-0.39, 0.29) is 0 Å². The van der Waals surface area contributed by atoms with Crippen molar-refractivity contribution in [2.24, 2.45) is 5.92 Å². The van der Waals surface area contributed by atoms with Crippen LogP contribution in [0, 0.1) is 5.92 Å². The molecular formula is C18H24F3N5O2S. The Morgan fingerprint density at radius 2 is 1.86 bits per heavy atom. The molecule has 0 aromatic carbocycles. The summed E-state index contributed by atoms with van der Waals surface area (Å²) in [7, 11) is 2.17. The molecule has 29 heavy (non-hydrogen) atoms. The highest BCUT2D eigenvalue weighted by molar-refractivity contribution is 7.19. The van der Waals surface area contributed by atoms with Gasteiger partial charge in [-0.3, -0.25) is 0 Å². The van der Waals surface area contributed by atoms with Crippen LogP contribution in [-0.2, 0) is 17.6 Å². The maximum Gasteiger partial charge on any atom is 0.490 e. The molecule has 3 heterocycles. The van der Waals surface area contributed by atoms with Crippen LogP contribution in [0.15, 0.2) is 0 Å². The van der Waals surface area contributed by atoms with Crippen LogP contribution in [-0.4, -0.2) is 65.3 Å². The van der Waals surface area contributed by atoms with E-state index in [1.54, 1.807) is 0 Å². The Labute approximate surface area is 170 Å². The van der Waals surface area contributed by atoms with E-state index in [0.29, 0.717) is 5.95 Å². The van der Waals surface area contributed by atoms with Crippen LogP contribution < -0.4 is 10.6 Å². The monoisotopic (exact) mass is 431 g/mol. The van der Waals surface area contributed by atoms with E-state index in [0.717, 1.165) is 49.9 Å². The molecule has 4 rings (SSSR count). The van der Waals surface area contributed by atoms with E-state index in [9.17, 15) is 13.2 Å². The van der Waals surface area contributed by atoms with E-state index >= 15 is 0 Å². The lowest BCUT2D eigenvalue weighted by Gasteiger charge is -2.33. The highest BCUT2D eigenvalue weighted by atomic mass is 32.1. The molecular weight excluding hydrogens is 407 g/mol. The first-order valence-electron chi connectivity index (χ1n) is 9.37. The number of thiophene rings is 1. The summed E-state index contributed by atoms with van der Waals surface area (Å²) in [6.07, 6.45) is -1.49. The van der Waals surface area contributed by atoms with Gasteiger partial charge in [0.1, 0.15) is 0 Å². The van der Waals surface area contributed by atoms with Crippen molar-refractivity contribution in [2.45, 2.75) is 32.4 Å². The van der Waals surface area contributed by atoms with E-state index < -0.39 is 12.1 Å². The Morgan fingerprint density at radius 1 is 1.24 bits per heavy atom. The first kappa shape index (κ1) is 21.6. The first-order chi connectivity index (χ1) is 13.6. The second-order valence-electron chi connectivity index (χ2n) is 7.53. The summed E-state index contributed by atoms with van der Waals surface area (Å²) in [6, 6.07) is 0. The van der Waals surface area contributed by atoms with E-state index in [1.807, 2.05) is 11.3 Å². The lowest BCUT2D eigenvalue weighted by Crippen LogP contribution is -2.44. The first-order valence-corrected chi connectivity index (χ1v) is 10.2. The number of nitrogen functional groups attached to an aromatic ring is 1. The summed E-state index contributed by atoms with van der Waals surface area (Å²) < 4.78 is 33.0. The average molecular weight is 431 g/mol. The van der Waals surface area contributed by atoms with Crippen molar-refractivity contribution in [1.29, 1.82) is 0 Å². The lowest BCUT2D eigenvalue weighted by atomic mass is 9.89. The van der Waals surface area contributed by atoms with Crippen LogP contribution in [0.1, 0.15) is 23.8 Å². The molecule has 0 radical (unpaired) electrons. The molecule has 0 bridgehead atoms. The fourth-order valence-electron chi connectivity index (χ4n) is 3.54. The third-order valence-corrected chi connectivity index (χ3v) is 6.45. The molecule has 1 aliphatic heterocycles. The summed E-state index contributed by atoms with van der Waals surface area (Å²) in [6.45, 7) is 6.52. The summed E-state index contributed by atoms with van der Waals surface area (Å²) in [4.78, 5) is 24.3. The zero-order valence-corrected chi connectivity index (χ0v) is 17.1. The van der Waals surface area contributed by atoms with Crippen LogP contribution >= 0.6 is 11.3 Å². The minimum absolute atomic E-state index is 0.417. The summed E-state index contributed by atoms with van der Waals surface area (Å²) in [5.74, 6) is -0.538. The number of carboxylic acid groups (broad SMARTS) is 1. The highest BCUT2D eigenvalue weighted by Gasteiger charge is 2.38. The SMILES string of the molecule is CC1CCc2sc3c(N4CCN(C)CC4)nc(N)nc3c2C1.O=C(O)C(F)(F)F. The van der Waals surface area contributed by atoms with Gasteiger partial charge in [-0.15, -0.1) is 11.3 Å². The third-order valence-electron chi connectivity index (χ3n) is 5.17. The number of aliphatic carboxylic acids is 1. The highest BCUT2D eigenvalue weighted by Crippen LogP contribution is 2.41. The quantitative estimate of drug-likeness (QED) is 0.717. The van der Waals surface area contributed by atoms with Crippen molar-refractivity contribution in [1.82, 2.24) is 14.9 Å². The zero-order chi connectivity index (χ0) is 21.3. The largest absolute Gasteiger partial charge is 0.490 e. The molecule has 0 saturated carbocycles. The van der Waals surface area contributed by atoms with Crippen molar-refractivity contribution >= 4 is 39.3 Å². The van der Waals surface area contributed by atoms with Gasteiger partial charge in [-0.1, -0.05) is 6.92 Å². The number of nitrogens with two attached hydrogens (primary N) is 1. The van der Waals surface area contributed by atoms with Gasteiger partial charge in [-0.05, 0) is 37.8 Å². The Balaban J connectivity index is 0.000000298. The van der Waals surface area contributed by atoms with Gasteiger partial charge >= 0.3 is 12.1 Å². The molecule has 2 aliphatic rings. The van der Waals surface area contributed by atoms with Crippen LogP contribution in [0.4, 0.5) is 24.9 Å². The molecule has 3 N–H and O–H groups in total. The van der Waals surface area contributed by atoms with Gasteiger partial charge in [0.15, 0.2) is 5.82 Å². The average Bonchev–Trinajstić information content (AvgIpc) is 2.99. The minimum Gasteiger partial charge on any atom is -0.475 e. The van der Waals surface area contributed by atoms with Crippen molar-refractivity contribution in [3.63, 3.8) is 0 Å². The summed E-state index contributed by atoms with van der Waals surface area (Å²) in [5.41, 5.74) is 8.58. The molecule has 0 spiro atoms. The number of hydrogen-bond donors (Lipinski definition) is 2. The van der Waals surface area contributed by atoms with Crippen LogP contribution in [0.3, 0.4) is 0 Å². The van der Waals surface area contributed by atoms with Crippen molar-refractivity contribution in [2.75, 3.05) is 43.9 Å². The third kappa shape index (κ3) is 4.89. The second-order valence-corrected chi connectivity index (χ2v) is 8.63. The van der Waals surface area contributed by atoms with E-state index in [1.165, 1.54) is 28.0 Å². The predicted molar refractivity (Wildman–Crippen MR) is 106 cm³/mol. The van der Waals surface area contributed by atoms with Crippen molar-refractivity contribution in [3.8, 4) is 0 Å². The van der Waals surface area contributed by atoms with Gasteiger partial charge < -0.3 is 20.6 Å². The normalized spacial score (nSPS) is 20.2. The molecule has 2 aromatic rings. The number of piperazine rings is 1. The number of hydrogen-bond acceptors (Lipinski definition) is 7. The molecule has 0 amide bonds. The van der Waals surface area contributed by atoms with Crippen LogP contribution in [0.25, 0.3) is 10.2 Å². The molecule has 11 heteroatoms. The van der Waals surface area contributed by atoms with Gasteiger partial charge in [0.2, 0.25) is 5.95 Å². The Morgan fingerprint density at radius 3 is 2.45 bits per heavy atom. The molecule has 160 valence electrons. The molecule has 1 saturated heterocycles. The van der Waals surface area contributed by atoms with Crippen molar-refractivity contribution in [3.05, 3.63) is 10.4 Å². The number of carbonyl (C=O) groups is 1. The van der Waals surface area contributed by atoms with Crippen LogP contribution in [0.2, 0.25) is 0 Å². The summed E-state index contributed by atoms with van der Waals surface area (Å²) >= 11 is 1.90. The molecule has 2 aromatic heterocycles. The van der Waals surface area contributed by atoms with Gasteiger partial charge in [-0.2, -0.15) is 18.2 Å². The van der Waals surface area contributed by atoms with Gasteiger partial charge in [0.05, 0.1) is 10.2 Å². The number of nitrogens with zero attached hydrogens (tertiary/aromatic N) is 4. The molecule has 1 unspecified atom stereocenters. The lowest BCUT2D eigenvalue weighted by molar-refractivity contribution is -0.192. The number of alkyl halides is 3. The zero-order valence-electron chi connectivity index (χ0n) is 16.3. The molecule has 7 nitrogen and oxygen atoms in total. The fourth-order valence-corrected chi connectivity index (χ4v) is 4.84. The molecule has 1 aliphatic carbocycles. The van der Waals surface area contributed by atoms with Gasteiger partial charge in [-0.25, -0.2) is 9.78 Å². The Hall–Kier alpha value is -2.14. The number of aromatic nitrogens is 2. The molecule has 1 atom stereocenters. The smallest absolute Gasteiger partial charge is 0.475 e. The number of fused-ring (bicyclic) bond motifs is 3. The predicted octanol–water partition coefficient (Wildman–Crippen LogP) is 2.78. The number of likely N-dealkylation sites (N-methyl/N-ethyl adjacent to an activating group) is 1. The molecule has 1 fully saturated rings. The maximum atomic E-state index is 10.6. The standard InChI is InChI=1S/C16H23N5S.C2HF3O2/c1-10-3-4-12-11(9-10)13-14(22-12)15(19-16(17)18-13)21-7-5-20(2)6-8-21;3-2(4,5)1(6)7/h10H,3-9H2,1-2H3,(H2,17,18,19);(H,6,7). The van der Waals surface area contributed by atoms with Gasteiger partial charge in [0, 0.05) is 31.1 Å². The second kappa shape index (κ2) is 8.31. The van der Waals surface area contributed by atoms with E-state index in [4.69, 9.17) is 15.6 Å². The topological polar surface area (TPSA) is 95.6 Å². The Bertz CT molecular complexity index is 894. The number of rotatable bonds is 1.